The van der Waals surface area contributed by atoms with Crippen molar-refractivity contribution in [1.29, 1.82) is 0 Å². The summed E-state index contributed by atoms with van der Waals surface area (Å²) in [6.45, 7) is 5.10. The van der Waals surface area contributed by atoms with Gasteiger partial charge >= 0.3 is 0 Å². The molecule has 0 saturated carbocycles. The number of carbonyl (C=O) groups is 1. The van der Waals surface area contributed by atoms with Gasteiger partial charge in [0, 0.05) is 46.2 Å². The van der Waals surface area contributed by atoms with E-state index in [0.29, 0.717) is 33.4 Å². The molecule has 1 aliphatic carbocycles. The highest BCUT2D eigenvalue weighted by atomic mass is 32.1. The molecule has 1 aliphatic heterocycles. The lowest BCUT2D eigenvalue weighted by Crippen LogP contribution is -2.36. The van der Waals surface area contributed by atoms with Crippen LogP contribution in [0, 0.1) is 5.92 Å². The third-order valence-electron chi connectivity index (χ3n) is 7.53. The maximum absolute atomic E-state index is 13.2. The molecular weight excluding hydrogens is 538 g/mol. The molecule has 0 radical (unpaired) electrons. The van der Waals surface area contributed by atoms with Crippen molar-refractivity contribution in [3.05, 3.63) is 69.4 Å². The molecule has 1 amide bonds. The highest BCUT2D eigenvalue weighted by Gasteiger charge is 2.22. The van der Waals surface area contributed by atoms with Gasteiger partial charge in [-0.2, -0.15) is 15.0 Å². The first-order chi connectivity index (χ1) is 20.0. The number of benzene rings is 2. The first-order valence-electron chi connectivity index (χ1n) is 13.8. The smallest absolute Gasteiger partial charge is 0.265 e. The number of nitrogens with two attached hydrogens (primary N) is 1. The molecule has 212 valence electrons. The van der Waals surface area contributed by atoms with Gasteiger partial charge in [0.15, 0.2) is 5.82 Å². The molecule has 4 aromatic rings. The Morgan fingerprint density at radius 2 is 1.95 bits per heavy atom. The number of thiophene rings is 1. The molecule has 41 heavy (non-hydrogen) atoms. The van der Waals surface area contributed by atoms with Crippen LogP contribution in [0.15, 0.2) is 48.5 Å². The van der Waals surface area contributed by atoms with Gasteiger partial charge in [-0.05, 0) is 67.1 Å². The molecule has 1 fully saturated rings. The minimum Gasteiger partial charge on any atom is -0.392 e. The number of ether oxygens (including phenoxy) is 1. The number of aliphatic hydroxyl groups excluding tert-OH is 1. The number of morpholine rings is 1. The van der Waals surface area contributed by atoms with E-state index in [1.807, 2.05) is 30.3 Å². The largest absolute Gasteiger partial charge is 0.392 e. The van der Waals surface area contributed by atoms with Crippen molar-refractivity contribution >= 4 is 46.2 Å². The summed E-state index contributed by atoms with van der Waals surface area (Å²) < 4.78 is 5.44. The van der Waals surface area contributed by atoms with Gasteiger partial charge in [0.25, 0.3) is 5.91 Å². The average Bonchev–Trinajstić information content (AvgIpc) is 3.41. The number of aliphatic hydroxyl groups is 1. The molecule has 2 aromatic heterocycles. The monoisotopic (exact) mass is 571 g/mol. The Balaban J connectivity index is 1.22. The van der Waals surface area contributed by atoms with E-state index in [1.54, 1.807) is 29.5 Å². The van der Waals surface area contributed by atoms with E-state index in [-0.39, 0.29) is 24.4 Å². The number of anilines is 5. The van der Waals surface area contributed by atoms with E-state index in [2.05, 4.69) is 37.4 Å². The molecule has 1 unspecified atom stereocenters. The number of rotatable bonds is 7. The predicted octanol–water partition coefficient (Wildman–Crippen LogP) is 4.63. The fraction of sp³-hybridized carbons (Fsp3) is 0.333. The number of carbonyl (C=O) groups excluding carboxylic acids is 1. The number of nitrogens with one attached hydrogen (secondary N) is 2. The van der Waals surface area contributed by atoms with E-state index >= 15 is 0 Å². The second kappa shape index (κ2) is 11.8. The average molecular weight is 572 g/mol. The Labute approximate surface area is 242 Å². The van der Waals surface area contributed by atoms with Gasteiger partial charge in [0.2, 0.25) is 11.9 Å². The fourth-order valence-electron chi connectivity index (χ4n) is 5.36. The lowest BCUT2D eigenvalue weighted by Gasteiger charge is -2.28. The lowest BCUT2D eigenvalue weighted by atomic mass is 9.90. The Bertz CT molecular complexity index is 1550. The highest BCUT2D eigenvalue weighted by molar-refractivity contribution is 7.14. The van der Waals surface area contributed by atoms with Crippen molar-refractivity contribution in [2.24, 2.45) is 5.92 Å². The van der Waals surface area contributed by atoms with Gasteiger partial charge in [-0.25, -0.2) is 0 Å². The second-order valence-electron chi connectivity index (χ2n) is 10.5. The molecule has 10 nitrogen and oxygen atoms in total. The first kappa shape index (κ1) is 27.1. The van der Waals surface area contributed by atoms with Gasteiger partial charge in [-0.15, -0.1) is 11.3 Å². The topological polar surface area (TPSA) is 139 Å². The van der Waals surface area contributed by atoms with E-state index in [9.17, 15) is 9.90 Å². The molecule has 1 saturated heterocycles. The second-order valence-corrected chi connectivity index (χ2v) is 11.6. The maximum Gasteiger partial charge on any atom is 0.265 e. The Morgan fingerprint density at radius 3 is 2.73 bits per heavy atom. The van der Waals surface area contributed by atoms with E-state index < -0.39 is 0 Å². The minimum atomic E-state index is -0.318. The standard InChI is InChI=1S/C30H33N7O3S/c1-18-5-10-25-19(15-18)16-26(41-25)28(39)33-24-4-2-3-22(23(24)17-38)27-34-29(31)36-30(35-27)32-20-6-8-21(9-7-20)37-11-13-40-14-12-37/h2-4,6-9,16,18,38H,5,10-15,17H2,1H3,(H,33,39)(H3,31,32,34,35,36). The van der Waals surface area contributed by atoms with Crippen molar-refractivity contribution in [2.75, 3.05) is 47.6 Å². The lowest BCUT2D eigenvalue weighted by molar-refractivity contribution is 0.103. The molecule has 0 bridgehead atoms. The third-order valence-corrected chi connectivity index (χ3v) is 8.76. The summed E-state index contributed by atoms with van der Waals surface area (Å²) in [4.78, 5) is 30.6. The van der Waals surface area contributed by atoms with Crippen LogP contribution in [0.2, 0.25) is 0 Å². The van der Waals surface area contributed by atoms with Crippen LogP contribution in [-0.4, -0.2) is 52.3 Å². The quantitative estimate of drug-likeness (QED) is 0.250. The van der Waals surface area contributed by atoms with E-state index in [1.165, 1.54) is 10.4 Å². The Morgan fingerprint density at radius 1 is 1.15 bits per heavy atom. The van der Waals surface area contributed by atoms with Crippen LogP contribution in [0.3, 0.4) is 0 Å². The number of aryl methyl sites for hydroxylation is 1. The van der Waals surface area contributed by atoms with Crippen LogP contribution in [0.25, 0.3) is 11.4 Å². The van der Waals surface area contributed by atoms with Crippen molar-refractivity contribution in [2.45, 2.75) is 32.8 Å². The van der Waals surface area contributed by atoms with Crippen LogP contribution in [-0.2, 0) is 24.2 Å². The number of nitrogen functional groups attached to an aromatic ring is 1. The molecule has 2 aromatic carbocycles. The molecule has 1 atom stereocenters. The Hall–Kier alpha value is -4.06. The number of hydrogen-bond donors (Lipinski definition) is 4. The third kappa shape index (κ3) is 6.02. The molecular formula is C30H33N7O3S. The SMILES string of the molecule is CC1CCc2sc(C(=O)Nc3cccc(-c4nc(N)nc(Nc5ccc(N6CCOCC6)cc5)n4)c3CO)cc2C1. The summed E-state index contributed by atoms with van der Waals surface area (Å²) in [5.74, 6) is 1.06. The zero-order valence-electron chi connectivity index (χ0n) is 22.9. The molecule has 6 rings (SSSR count). The predicted molar refractivity (Wildman–Crippen MR) is 162 cm³/mol. The van der Waals surface area contributed by atoms with Gasteiger partial charge < -0.3 is 31.1 Å². The summed E-state index contributed by atoms with van der Waals surface area (Å²) in [5.41, 5.74) is 10.8. The van der Waals surface area contributed by atoms with E-state index in [4.69, 9.17) is 10.5 Å². The van der Waals surface area contributed by atoms with Crippen molar-refractivity contribution in [3.8, 4) is 11.4 Å². The van der Waals surface area contributed by atoms with Gasteiger partial charge in [-0.1, -0.05) is 19.1 Å². The van der Waals surface area contributed by atoms with Gasteiger partial charge in [0.05, 0.1) is 24.7 Å². The Kier molecular flexibility index (Phi) is 7.82. The number of fused-ring (bicyclic) bond motifs is 1. The van der Waals surface area contributed by atoms with Crippen LogP contribution >= 0.6 is 11.3 Å². The first-order valence-corrected chi connectivity index (χ1v) is 14.7. The number of aromatic nitrogens is 3. The van der Waals surface area contributed by atoms with E-state index in [0.717, 1.165) is 56.9 Å². The summed E-state index contributed by atoms with van der Waals surface area (Å²) in [7, 11) is 0. The van der Waals surface area contributed by atoms with Gasteiger partial charge in [-0.3, -0.25) is 4.79 Å². The summed E-state index contributed by atoms with van der Waals surface area (Å²) in [6.07, 6.45) is 3.17. The number of amides is 1. The van der Waals surface area contributed by atoms with Crippen LogP contribution in [0.5, 0.6) is 0 Å². The van der Waals surface area contributed by atoms with Crippen molar-refractivity contribution in [1.82, 2.24) is 15.0 Å². The highest BCUT2D eigenvalue weighted by Crippen LogP contribution is 2.34. The van der Waals surface area contributed by atoms with Crippen LogP contribution in [0.1, 0.15) is 39.0 Å². The summed E-state index contributed by atoms with van der Waals surface area (Å²) >= 11 is 1.55. The minimum absolute atomic E-state index is 0.0409. The number of hydrogen-bond acceptors (Lipinski definition) is 10. The molecule has 5 N–H and O–H groups in total. The molecule has 3 heterocycles. The van der Waals surface area contributed by atoms with Crippen molar-refractivity contribution in [3.63, 3.8) is 0 Å². The maximum atomic E-state index is 13.2. The molecule has 2 aliphatic rings. The van der Waals surface area contributed by atoms with Crippen molar-refractivity contribution < 1.29 is 14.6 Å². The molecule has 11 heteroatoms. The fourth-order valence-corrected chi connectivity index (χ4v) is 6.46. The zero-order chi connectivity index (χ0) is 28.3. The zero-order valence-corrected chi connectivity index (χ0v) is 23.7. The summed E-state index contributed by atoms with van der Waals surface area (Å²) in [6, 6.07) is 15.4. The van der Waals surface area contributed by atoms with Crippen LogP contribution in [0.4, 0.5) is 29.0 Å². The van der Waals surface area contributed by atoms with Gasteiger partial charge in [0.1, 0.15) is 0 Å². The molecule has 0 spiro atoms. The number of nitrogens with zero attached hydrogens (tertiary/aromatic N) is 4. The van der Waals surface area contributed by atoms with Crippen LogP contribution < -0.4 is 21.3 Å². The summed E-state index contributed by atoms with van der Waals surface area (Å²) in [5, 5.41) is 16.5. The normalized spacial score (nSPS) is 16.7.